The molecule has 1 rings (SSSR count). The highest BCUT2D eigenvalue weighted by Gasteiger charge is 2.08. The third-order valence-corrected chi connectivity index (χ3v) is 2.59. The third-order valence-electron chi connectivity index (χ3n) is 2.22. The maximum Gasteiger partial charge on any atom is 0.335 e. The molecule has 1 aromatic rings. The Morgan fingerprint density at radius 3 is 2.27 bits per heavy atom. The molecule has 0 aliphatic heterocycles. The van der Waals surface area contributed by atoms with Gasteiger partial charge in [-0.3, -0.25) is 0 Å². The van der Waals surface area contributed by atoms with Crippen LogP contribution in [0.2, 0.25) is 0 Å². The molecule has 0 fully saturated rings. The lowest BCUT2D eigenvalue weighted by molar-refractivity contribution is 0.0697. The summed E-state index contributed by atoms with van der Waals surface area (Å²) in [5, 5.41) is 11.9. The summed E-state index contributed by atoms with van der Waals surface area (Å²) < 4.78 is 0. The van der Waals surface area contributed by atoms with E-state index in [0.717, 1.165) is 5.69 Å². The zero-order valence-electron chi connectivity index (χ0n) is 8.70. The van der Waals surface area contributed by atoms with E-state index in [1.165, 1.54) is 0 Å². The van der Waals surface area contributed by atoms with E-state index < -0.39 is 5.97 Å². The molecule has 0 heterocycles. The molecule has 1 unspecified atom stereocenters. The Bertz CT molecular complexity index is 335. The van der Waals surface area contributed by atoms with E-state index in [1.807, 2.05) is 13.8 Å². The van der Waals surface area contributed by atoms with Crippen LogP contribution in [0.3, 0.4) is 0 Å². The molecule has 3 nitrogen and oxygen atoms in total. The van der Waals surface area contributed by atoms with Gasteiger partial charge in [-0.15, -0.1) is 11.6 Å². The number of carboxylic acid groups (broad SMARTS) is 1. The van der Waals surface area contributed by atoms with E-state index in [1.54, 1.807) is 24.3 Å². The molecule has 4 heteroatoms. The third kappa shape index (κ3) is 3.44. The molecule has 2 N–H and O–H groups in total. The molecule has 0 bridgehead atoms. The molecule has 0 aliphatic rings. The number of hydrogen-bond acceptors (Lipinski definition) is 2. The first-order valence-corrected chi connectivity index (χ1v) is 5.18. The molecular weight excluding hydrogens is 214 g/mol. The number of halogens is 1. The quantitative estimate of drug-likeness (QED) is 0.778. The number of carboxylic acids is 1. The average molecular weight is 228 g/mol. The number of hydrogen-bond donors (Lipinski definition) is 2. The van der Waals surface area contributed by atoms with E-state index in [0.29, 0.717) is 0 Å². The van der Waals surface area contributed by atoms with Crippen molar-refractivity contribution in [3.05, 3.63) is 29.8 Å². The zero-order valence-corrected chi connectivity index (χ0v) is 9.45. The Morgan fingerprint density at radius 2 is 1.87 bits per heavy atom. The fourth-order valence-electron chi connectivity index (χ4n) is 1.09. The number of anilines is 1. The highest BCUT2D eigenvalue weighted by Crippen LogP contribution is 2.13. The van der Waals surface area contributed by atoms with E-state index in [2.05, 4.69) is 5.32 Å². The van der Waals surface area contributed by atoms with Gasteiger partial charge in [-0.05, 0) is 38.1 Å². The van der Waals surface area contributed by atoms with Crippen molar-refractivity contribution in [1.29, 1.82) is 0 Å². The number of benzene rings is 1. The number of carbonyl (C=O) groups is 1. The summed E-state index contributed by atoms with van der Waals surface area (Å²) in [6.45, 7) is 3.88. The molecule has 0 radical (unpaired) electrons. The Hall–Kier alpha value is -1.22. The van der Waals surface area contributed by atoms with Crippen molar-refractivity contribution in [1.82, 2.24) is 0 Å². The highest BCUT2D eigenvalue weighted by molar-refractivity contribution is 6.20. The fourth-order valence-corrected chi connectivity index (χ4v) is 1.15. The minimum absolute atomic E-state index is 0.0177. The summed E-state index contributed by atoms with van der Waals surface area (Å²) in [6, 6.07) is 6.74. The van der Waals surface area contributed by atoms with Gasteiger partial charge in [0.05, 0.1) is 10.9 Å². The van der Waals surface area contributed by atoms with Gasteiger partial charge < -0.3 is 10.4 Å². The monoisotopic (exact) mass is 227 g/mol. The van der Waals surface area contributed by atoms with Gasteiger partial charge in [0.2, 0.25) is 0 Å². The lowest BCUT2D eigenvalue weighted by atomic mass is 10.2. The van der Waals surface area contributed by atoms with Crippen LogP contribution < -0.4 is 5.32 Å². The molecule has 0 saturated carbocycles. The average Bonchev–Trinajstić information content (AvgIpc) is 2.18. The van der Waals surface area contributed by atoms with Crippen molar-refractivity contribution >= 4 is 23.3 Å². The topological polar surface area (TPSA) is 49.3 Å². The van der Waals surface area contributed by atoms with Crippen molar-refractivity contribution in [2.24, 2.45) is 0 Å². The van der Waals surface area contributed by atoms with E-state index >= 15 is 0 Å². The predicted molar refractivity (Wildman–Crippen MR) is 61.8 cm³/mol. The number of nitrogens with one attached hydrogen (secondary N) is 1. The molecule has 2 atom stereocenters. The molecule has 82 valence electrons. The highest BCUT2D eigenvalue weighted by atomic mass is 35.5. The summed E-state index contributed by atoms with van der Waals surface area (Å²) in [4.78, 5) is 10.6. The molecule has 15 heavy (non-hydrogen) atoms. The van der Waals surface area contributed by atoms with E-state index in [4.69, 9.17) is 16.7 Å². The van der Waals surface area contributed by atoms with Gasteiger partial charge in [-0.1, -0.05) is 0 Å². The minimum atomic E-state index is -0.916. The van der Waals surface area contributed by atoms with Crippen LogP contribution in [-0.4, -0.2) is 22.5 Å². The van der Waals surface area contributed by atoms with Crippen molar-refractivity contribution in [3.8, 4) is 0 Å². The largest absolute Gasteiger partial charge is 0.478 e. The molecule has 1 aromatic carbocycles. The maximum atomic E-state index is 10.6. The Labute approximate surface area is 94.1 Å². The fraction of sp³-hybridized carbons (Fsp3) is 0.364. The Balaban J connectivity index is 2.68. The number of alkyl halides is 1. The molecule has 0 aliphatic carbocycles. The van der Waals surface area contributed by atoms with Gasteiger partial charge in [0.15, 0.2) is 0 Å². The predicted octanol–water partition coefficient (Wildman–Crippen LogP) is 2.81. The number of aromatic carboxylic acids is 1. The van der Waals surface area contributed by atoms with Gasteiger partial charge in [0.25, 0.3) is 0 Å². The summed E-state index contributed by atoms with van der Waals surface area (Å²) in [6.07, 6.45) is 0. The zero-order chi connectivity index (χ0) is 11.4. The van der Waals surface area contributed by atoms with Gasteiger partial charge in [-0.2, -0.15) is 0 Å². The maximum absolute atomic E-state index is 10.6. The Morgan fingerprint density at radius 1 is 1.33 bits per heavy atom. The van der Waals surface area contributed by atoms with Crippen LogP contribution in [-0.2, 0) is 0 Å². The molecule has 0 aromatic heterocycles. The van der Waals surface area contributed by atoms with Crippen molar-refractivity contribution in [3.63, 3.8) is 0 Å². The first kappa shape index (κ1) is 11.9. The lowest BCUT2D eigenvalue weighted by Crippen LogP contribution is -2.23. The van der Waals surface area contributed by atoms with Gasteiger partial charge in [0, 0.05) is 11.7 Å². The van der Waals surface area contributed by atoms with Crippen LogP contribution in [0, 0.1) is 0 Å². The molecule has 0 amide bonds. The Kier molecular flexibility index (Phi) is 3.97. The van der Waals surface area contributed by atoms with Crippen molar-refractivity contribution in [2.75, 3.05) is 5.32 Å². The first-order valence-electron chi connectivity index (χ1n) is 4.74. The summed E-state index contributed by atoms with van der Waals surface area (Å²) in [5.74, 6) is -0.916. The van der Waals surface area contributed by atoms with Gasteiger partial charge >= 0.3 is 5.97 Å². The smallest absolute Gasteiger partial charge is 0.335 e. The summed E-state index contributed by atoms with van der Waals surface area (Å²) in [7, 11) is 0. The van der Waals surface area contributed by atoms with Crippen LogP contribution in [0.4, 0.5) is 5.69 Å². The SMILES string of the molecule is CC(Cl)[C@H](C)Nc1ccc(C(=O)O)cc1. The van der Waals surface area contributed by atoms with Crippen LogP contribution in [0.15, 0.2) is 24.3 Å². The van der Waals surface area contributed by atoms with Crippen molar-refractivity contribution in [2.45, 2.75) is 25.3 Å². The van der Waals surface area contributed by atoms with Crippen LogP contribution in [0.5, 0.6) is 0 Å². The van der Waals surface area contributed by atoms with Gasteiger partial charge in [0.1, 0.15) is 0 Å². The number of rotatable bonds is 4. The second-order valence-corrected chi connectivity index (χ2v) is 4.18. The van der Waals surface area contributed by atoms with Crippen molar-refractivity contribution < 1.29 is 9.90 Å². The standard InChI is InChI=1S/C11H14ClNO2/c1-7(12)8(2)13-10-5-3-9(4-6-10)11(14)15/h3-8,13H,1-2H3,(H,14,15)/t7?,8-/m0/s1. The first-order chi connectivity index (χ1) is 7.00. The van der Waals surface area contributed by atoms with Crippen LogP contribution in [0.25, 0.3) is 0 Å². The lowest BCUT2D eigenvalue weighted by Gasteiger charge is -2.17. The van der Waals surface area contributed by atoms with Gasteiger partial charge in [-0.25, -0.2) is 4.79 Å². The normalized spacial score (nSPS) is 14.3. The summed E-state index contributed by atoms with van der Waals surface area (Å²) >= 11 is 5.90. The van der Waals surface area contributed by atoms with E-state index in [-0.39, 0.29) is 17.0 Å². The van der Waals surface area contributed by atoms with E-state index in [9.17, 15) is 4.79 Å². The second kappa shape index (κ2) is 5.03. The molecule has 0 spiro atoms. The second-order valence-electron chi connectivity index (χ2n) is 3.49. The van der Waals surface area contributed by atoms with Crippen LogP contribution >= 0.6 is 11.6 Å². The molecule has 0 saturated heterocycles. The minimum Gasteiger partial charge on any atom is -0.478 e. The summed E-state index contributed by atoms with van der Waals surface area (Å²) in [5.41, 5.74) is 1.16. The van der Waals surface area contributed by atoms with Crippen LogP contribution in [0.1, 0.15) is 24.2 Å². The molecular formula is C11H14ClNO2.